The van der Waals surface area contributed by atoms with E-state index >= 15 is 0 Å². The Labute approximate surface area is 98.0 Å². The molecule has 2 aliphatic carbocycles. The summed E-state index contributed by atoms with van der Waals surface area (Å²) < 4.78 is 0. The Morgan fingerprint density at radius 1 is 1.12 bits per heavy atom. The van der Waals surface area contributed by atoms with Gasteiger partial charge in [0.25, 0.3) is 0 Å². The van der Waals surface area contributed by atoms with E-state index in [1.54, 1.807) is 0 Å². The van der Waals surface area contributed by atoms with Crippen molar-refractivity contribution in [2.24, 2.45) is 17.1 Å². The molecule has 2 unspecified atom stereocenters. The maximum Gasteiger partial charge on any atom is -0.00177 e. The van der Waals surface area contributed by atoms with Gasteiger partial charge in [-0.05, 0) is 48.6 Å². The van der Waals surface area contributed by atoms with E-state index in [0.717, 1.165) is 18.4 Å². The molecule has 86 valence electrons. The third-order valence-corrected chi connectivity index (χ3v) is 4.81. The van der Waals surface area contributed by atoms with Crippen LogP contribution in [0.4, 0.5) is 0 Å². The molecule has 3 rings (SSSR count). The molecule has 1 heteroatoms. The van der Waals surface area contributed by atoms with E-state index in [1.807, 2.05) is 0 Å². The molecular formula is C15H21N. The molecule has 2 fully saturated rings. The Morgan fingerprint density at radius 3 is 2.44 bits per heavy atom. The Morgan fingerprint density at radius 2 is 1.81 bits per heavy atom. The van der Waals surface area contributed by atoms with Crippen molar-refractivity contribution in [1.29, 1.82) is 0 Å². The van der Waals surface area contributed by atoms with E-state index in [0.29, 0.717) is 5.41 Å². The molecule has 0 saturated heterocycles. The zero-order valence-corrected chi connectivity index (χ0v) is 9.86. The standard InChI is InChI=1S/C15H21N/c16-11-15(8-4-5-9-15)14-10-13(14)12-6-2-1-3-7-12/h1-3,6-7,13-14H,4-5,8-11,16H2. The fraction of sp³-hybridized carbons (Fsp3) is 0.600. The van der Waals surface area contributed by atoms with Gasteiger partial charge in [0.2, 0.25) is 0 Å². The van der Waals surface area contributed by atoms with Crippen LogP contribution < -0.4 is 5.73 Å². The van der Waals surface area contributed by atoms with Crippen molar-refractivity contribution in [3.63, 3.8) is 0 Å². The van der Waals surface area contributed by atoms with Gasteiger partial charge in [-0.2, -0.15) is 0 Å². The topological polar surface area (TPSA) is 26.0 Å². The zero-order valence-electron chi connectivity index (χ0n) is 9.86. The van der Waals surface area contributed by atoms with Crippen molar-refractivity contribution in [3.8, 4) is 0 Å². The second-order valence-electron chi connectivity index (χ2n) is 5.63. The first-order valence-corrected chi connectivity index (χ1v) is 6.61. The maximum absolute atomic E-state index is 6.05. The van der Waals surface area contributed by atoms with Crippen LogP contribution >= 0.6 is 0 Å². The molecule has 16 heavy (non-hydrogen) atoms. The molecule has 1 aromatic carbocycles. The molecule has 0 radical (unpaired) electrons. The number of nitrogens with two attached hydrogens (primary N) is 1. The summed E-state index contributed by atoms with van der Waals surface area (Å²) in [6.45, 7) is 0.904. The van der Waals surface area contributed by atoms with Crippen LogP contribution in [0, 0.1) is 11.3 Å². The first-order chi connectivity index (χ1) is 7.86. The molecule has 2 N–H and O–H groups in total. The van der Waals surface area contributed by atoms with Gasteiger partial charge in [0.15, 0.2) is 0 Å². The average Bonchev–Trinajstić information content (AvgIpc) is 3.02. The summed E-state index contributed by atoms with van der Waals surface area (Å²) >= 11 is 0. The summed E-state index contributed by atoms with van der Waals surface area (Å²) in [7, 11) is 0. The number of rotatable bonds is 3. The third-order valence-electron chi connectivity index (χ3n) is 4.81. The Balaban J connectivity index is 1.76. The molecule has 0 spiro atoms. The van der Waals surface area contributed by atoms with Gasteiger partial charge in [-0.3, -0.25) is 0 Å². The van der Waals surface area contributed by atoms with Gasteiger partial charge in [0.05, 0.1) is 0 Å². The van der Waals surface area contributed by atoms with E-state index in [-0.39, 0.29) is 0 Å². The highest BCUT2D eigenvalue weighted by molar-refractivity contribution is 5.27. The summed E-state index contributed by atoms with van der Waals surface area (Å²) in [5.74, 6) is 1.69. The molecule has 0 aliphatic heterocycles. The van der Waals surface area contributed by atoms with Gasteiger partial charge in [-0.1, -0.05) is 43.2 Å². The molecule has 0 aromatic heterocycles. The predicted octanol–water partition coefficient (Wildman–Crippen LogP) is 3.31. The summed E-state index contributed by atoms with van der Waals surface area (Å²) in [5, 5.41) is 0. The summed E-state index contributed by atoms with van der Waals surface area (Å²) in [4.78, 5) is 0. The lowest BCUT2D eigenvalue weighted by atomic mass is 9.79. The van der Waals surface area contributed by atoms with Gasteiger partial charge in [0, 0.05) is 0 Å². The second kappa shape index (κ2) is 3.89. The first-order valence-electron chi connectivity index (χ1n) is 6.61. The maximum atomic E-state index is 6.05. The minimum absolute atomic E-state index is 0.501. The van der Waals surface area contributed by atoms with Crippen LogP contribution in [0.5, 0.6) is 0 Å². The van der Waals surface area contributed by atoms with Crippen LogP contribution in [-0.2, 0) is 0 Å². The van der Waals surface area contributed by atoms with Crippen molar-refractivity contribution in [2.75, 3.05) is 6.54 Å². The quantitative estimate of drug-likeness (QED) is 0.822. The van der Waals surface area contributed by atoms with Crippen LogP contribution in [0.3, 0.4) is 0 Å². The van der Waals surface area contributed by atoms with Gasteiger partial charge in [0.1, 0.15) is 0 Å². The number of hydrogen-bond acceptors (Lipinski definition) is 1. The highest BCUT2D eigenvalue weighted by Crippen LogP contribution is 2.61. The van der Waals surface area contributed by atoms with Crippen molar-refractivity contribution in [3.05, 3.63) is 35.9 Å². The van der Waals surface area contributed by atoms with Crippen LogP contribution in [0.1, 0.15) is 43.6 Å². The number of benzene rings is 1. The molecule has 2 saturated carbocycles. The van der Waals surface area contributed by atoms with Crippen molar-refractivity contribution in [1.82, 2.24) is 0 Å². The van der Waals surface area contributed by atoms with Gasteiger partial charge < -0.3 is 5.73 Å². The lowest BCUT2D eigenvalue weighted by Crippen LogP contribution is -2.30. The SMILES string of the molecule is NCC1(C2CC2c2ccccc2)CCCC1. The average molecular weight is 215 g/mol. The Kier molecular flexibility index (Phi) is 2.51. The van der Waals surface area contributed by atoms with Gasteiger partial charge >= 0.3 is 0 Å². The fourth-order valence-corrected chi connectivity index (χ4v) is 3.75. The first kappa shape index (κ1) is 10.3. The molecular weight excluding hydrogens is 194 g/mol. The molecule has 2 aliphatic rings. The van der Waals surface area contributed by atoms with Crippen molar-refractivity contribution >= 4 is 0 Å². The van der Waals surface area contributed by atoms with Gasteiger partial charge in [-0.25, -0.2) is 0 Å². The highest BCUT2D eigenvalue weighted by atomic mass is 14.7. The molecule has 0 amide bonds. The normalized spacial score (nSPS) is 31.6. The fourth-order valence-electron chi connectivity index (χ4n) is 3.75. The van der Waals surface area contributed by atoms with Gasteiger partial charge in [-0.15, -0.1) is 0 Å². The lowest BCUT2D eigenvalue weighted by molar-refractivity contribution is 0.254. The van der Waals surface area contributed by atoms with Crippen LogP contribution in [0.25, 0.3) is 0 Å². The minimum atomic E-state index is 0.501. The molecule has 1 nitrogen and oxygen atoms in total. The summed E-state index contributed by atoms with van der Waals surface area (Å²) in [6.07, 6.45) is 6.92. The van der Waals surface area contributed by atoms with E-state index in [2.05, 4.69) is 30.3 Å². The van der Waals surface area contributed by atoms with Crippen molar-refractivity contribution < 1.29 is 0 Å². The van der Waals surface area contributed by atoms with E-state index < -0.39 is 0 Å². The zero-order chi connectivity index (χ0) is 11.0. The minimum Gasteiger partial charge on any atom is -0.330 e. The molecule has 0 bridgehead atoms. The molecule has 0 heterocycles. The van der Waals surface area contributed by atoms with E-state index in [4.69, 9.17) is 5.73 Å². The lowest BCUT2D eigenvalue weighted by Gasteiger charge is -2.27. The van der Waals surface area contributed by atoms with Crippen LogP contribution in [-0.4, -0.2) is 6.54 Å². The molecule has 2 atom stereocenters. The smallest absolute Gasteiger partial charge is 0.00177 e. The second-order valence-corrected chi connectivity index (χ2v) is 5.63. The predicted molar refractivity (Wildman–Crippen MR) is 67.2 cm³/mol. The van der Waals surface area contributed by atoms with E-state index in [1.165, 1.54) is 37.7 Å². The Bertz CT molecular complexity index is 351. The number of hydrogen-bond donors (Lipinski definition) is 1. The van der Waals surface area contributed by atoms with Crippen LogP contribution in [0.15, 0.2) is 30.3 Å². The third kappa shape index (κ3) is 1.58. The van der Waals surface area contributed by atoms with Crippen molar-refractivity contribution in [2.45, 2.75) is 38.0 Å². The largest absolute Gasteiger partial charge is 0.330 e. The monoisotopic (exact) mass is 215 g/mol. The highest BCUT2D eigenvalue weighted by Gasteiger charge is 2.52. The summed E-state index contributed by atoms with van der Waals surface area (Å²) in [5.41, 5.74) is 8.08. The summed E-state index contributed by atoms with van der Waals surface area (Å²) in [6, 6.07) is 11.0. The molecule has 1 aromatic rings. The van der Waals surface area contributed by atoms with Crippen LogP contribution in [0.2, 0.25) is 0 Å². The van der Waals surface area contributed by atoms with E-state index in [9.17, 15) is 0 Å². The Hall–Kier alpha value is -0.820.